The van der Waals surface area contributed by atoms with E-state index in [0.29, 0.717) is 24.0 Å². The summed E-state index contributed by atoms with van der Waals surface area (Å²) in [5, 5.41) is 0. The number of rotatable bonds is 8. The van der Waals surface area contributed by atoms with Crippen LogP contribution < -0.4 is 9.80 Å². The molecule has 2 saturated heterocycles. The predicted octanol–water partition coefficient (Wildman–Crippen LogP) is 12.7. The highest BCUT2D eigenvalue weighted by Gasteiger charge is 2.26. The smallest absolute Gasteiger partial charge is 0.239 e. The lowest BCUT2D eigenvalue weighted by atomic mass is 10.1. The number of ether oxygens (including phenoxy) is 1. The monoisotopic (exact) mass is 951 g/mol. The lowest BCUT2D eigenvalue weighted by molar-refractivity contribution is -0.131. The molecule has 0 spiro atoms. The van der Waals surface area contributed by atoms with E-state index in [1.807, 2.05) is 109 Å². The van der Waals surface area contributed by atoms with Crippen LogP contribution in [0.15, 0.2) is 167 Å². The second-order valence-electron chi connectivity index (χ2n) is 12.6. The second kappa shape index (κ2) is 22.5. The summed E-state index contributed by atoms with van der Waals surface area (Å²) in [5.41, 5.74) is 7.65. The molecule has 0 radical (unpaired) electrons. The second-order valence-corrected chi connectivity index (χ2v) is 15.1. The van der Waals surface area contributed by atoms with Gasteiger partial charge in [0.15, 0.2) is 0 Å². The van der Waals surface area contributed by atoms with Gasteiger partial charge in [-0.05, 0) is 134 Å². The van der Waals surface area contributed by atoms with Crippen LogP contribution in [0.4, 0.5) is 34.1 Å². The van der Waals surface area contributed by atoms with Gasteiger partial charge in [0, 0.05) is 80.3 Å². The molecular formula is C46H40Br3N3O5. The molecule has 0 N–H and O–H groups in total. The molecule has 57 heavy (non-hydrogen) atoms. The minimum absolute atomic E-state index is 0.144. The molecule has 0 bridgehead atoms. The SMILES string of the molecule is C1CCOC1.O=C1CCC(=O)N1Br.O=Cc1ccc(N(c2ccc(Br)cc2)c2ccc(Br)cc2)cc1.O=Cc1ccc(N(c2ccccc2)c2ccccc2)cc1. The van der Waals surface area contributed by atoms with Crippen LogP contribution in [0.3, 0.4) is 0 Å². The van der Waals surface area contributed by atoms with E-state index in [1.54, 1.807) is 0 Å². The first-order valence-electron chi connectivity index (χ1n) is 18.2. The molecule has 0 unspecified atom stereocenters. The van der Waals surface area contributed by atoms with Crippen molar-refractivity contribution in [1.82, 2.24) is 3.93 Å². The first-order valence-corrected chi connectivity index (χ1v) is 20.5. The van der Waals surface area contributed by atoms with Crippen molar-refractivity contribution in [2.24, 2.45) is 0 Å². The maximum Gasteiger partial charge on any atom is 0.239 e. The van der Waals surface area contributed by atoms with E-state index in [9.17, 15) is 19.2 Å². The average Bonchev–Trinajstić information content (AvgIpc) is 3.95. The highest BCUT2D eigenvalue weighted by molar-refractivity contribution is 9.10. The van der Waals surface area contributed by atoms with Gasteiger partial charge in [-0.3, -0.25) is 19.2 Å². The quantitative estimate of drug-likeness (QED) is 0.0853. The van der Waals surface area contributed by atoms with Crippen molar-refractivity contribution in [3.05, 3.63) is 178 Å². The van der Waals surface area contributed by atoms with Gasteiger partial charge in [0.1, 0.15) is 12.6 Å². The van der Waals surface area contributed by atoms with Gasteiger partial charge in [-0.1, -0.05) is 68.3 Å². The molecular weight excluding hydrogens is 914 g/mol. The van der Waals surface area contributed by atoms with Gasteiger partial charge in [-0.15, -0.1) is 0 Å². The Balaban J connectivity index is 0.000000166. The number of amides is 2. The highest BCUT2D eigenvalue weighted by Crippen LogP contribution is 2.36. The van der Waals surface area contributed by atoms with E-state index in [4.69, 9.17) is 4.74 Å². The van der Waals surface area contributed by atoms with Gasteiger partial charge < -0.3 is 14.5 Å². The largest absolute Gasteiger partial charge is 0.381 e. The molecule has 11 heteroatoms. The molecule has 8 rings (SSSR count). The Kier molecular flexibility index (Phi) is 17.0. The highest BCUT2D eigenvalue weighted by atomic mass is 79.9. The maximum atomic E-state index is 10.9. The summed E-state index contributed by atoms with van der Waals surface area (Å²) >= 11 is 9.75. The first-order chi connectivity index (χ1) is 27.8. The van der Waals surface area contributed by atoms with Gasteiger partial charge in [-0.25, -0.2) is 3.93 Å². The third-order valence-corrected chi connectivity index (χ3v) is 10.4. The van der Waals surface area contributed by atoms with E-state index in [0.717, 1.165) is 72.8 Å². The number of hydrogen-bond donors (Lipinski definition) is 0. The number of nitrogens with zero attached hydrogens (tertiary/aromatic N) is 3. The third kappa shape index (κ3) is 12.9. The number of hydrogen-bond acceptors (Lipinski definition) is 7. The summed E-state index contributed by atoms with van der Waals surface area (Å²) in [5.74, 6) is -0.287. The van der Waals surface area contributed by atoms with Crippen LogP contribution in [-0.4, -0.2) is 41.5 Å². The summed E-state index contributed by atoms with van der Waals surface area (Å²) in [7, 11) is 0. The Bertz CT molecular complexity index is 2060. The van der Waals surface area contributed by atoms with E-state index in [1.165, 1.54) is 12.8 Å². The van der Waals surface area contributed by atoms with Crippen LogP contribution in [-0.2, 0) is 14.3 Å². The van der Waals surface area contributed by atoms with Crippen LogP contribution in [0.25, 0.3) is 0 Å². The topological polar surface area (TPSA) is 87.2 Å². The minimum atomic E-state index is -0.144. The molecule has 0 aliphatic carbocycles. The lowest BCUT2D eigenvalue weighted by Crippen LogP contribution is -2.16. The summed E-state index contributed by atoms with van der Waals surface area (Å²) in [6.07, 6.45) is 4.97. The molecule has 6 aromatic carbocycles. The zero-order valence-electron chi connectivity index (χ0n) is 30.9. The zero-order chi connectivity index (χ0) is 40.4. The Labute approximate surface area is 358 Å². The Morgan fingerprint density at radius 2 is 0.754 bits per heavy atom. The molecule has 0 atom stereocenters. The van der Waals surface area contributed by atoms with Crippen molar-refractivity contribution in [3.63, 3.8) is 0 Å². The molecule has 0 aromatic heterocycles. The Hall–Kier alpha value is -5.20. The molecule has 2 heterocycles. The molecule has 6 aromatic rings. The van der Waals surface area contributed by atoms with Crippen molar-refractivity contribution < 1.29 is 23.9 Å². The van der Waals surface area contributed by atoms with Gasteiger partial charge in [0.2, 0.25) is 11.8 Å². The molecule has 290 valence electrons. The fourth-order valence-corrected chi connectivity index (χ4v) is 6.58. The molecule has 0 saturated carbocycles. The number of halogens is 3. The predicted molar refractivity (Wildman–Crippen MR) is 238 cm³/mol. The number of carbonyl (C=O) groups is 4. The Morgan fingerprint density at radius 3 is 1.00 bits per heavy atom. The van der Waals surface area contributed by atoms with Gasteiger partial charge in [-0.2, -0.15) is 0 Å². The van der Waals surface area contributed by atoms with Crippen molar-refractivity contribution in [2.75, 3.05) is 23.0 Å². The maximum absolute atomic E-state index is 10.9. The average molecular weight is 955 g/mol. The van der Waals surface area contributed by atoms with Crippen molar-refractivity contribution >= 4 is 107 Å². The summed E-state index contributed by atoms with van der Waals surface area (Å²) < 4.78 is 7.99. The molecule has 2 amide bonds. The normalized spacial score (nSPS) is 12.9. The number of imide groups is 1. The zero-order valence-corrected chi connectivity index (χ0v) is 35.7. The van der Waals surface area contributed by atoms with E-state index >= 15 is 0 Å². The van der Waals surface area contributed by atoms with Crippen LogP contribution in [0.1, 0.15) is 46.4 Å². The van der Waals surface area contributed by atoms with E-state index in [2.05, 4.69) is 106 Å². The van der Waals surface area contributed by atoms with Gasteiger partial charge in [0.25, 0.3) is 0 Å². The van der Waals surface area contributed by atoms with Crippen LogP contribution in [0.5, 0.6) is 0 Å². The molecule has 2 aliphatic heterocycles. The number of para-hydroxylation sites is 2. The standard InChI is InChI=1S/C19H13Br2NO.C19H15NO.C4H4BrNO2.C4H8O/c20-15-3-9-18(10-4-15)22(19-11-5-16(21)6-12-19)17-7-1-14(13-23)2-8-17;21-15-16-11-13-19(14-12-16)20(17-7-3-1-4-8-17)18-9-5-2-6-10-18;5-6-3(7)1-2-4(6)8;1-2-4-5-3-1/h1-13H;1-15H;1-2H2;1-4H2. The van der Waals surface area contributed by atoms with Crippen LogP contribution in [0.2, 0.25) is 0 Å². The summed E-state index contributed by atoms with van der Waals surface area (Å²) in [6.45, 7) is 2.00. The van der Waals surface area contributed by atoms with Crippen LogP contribution in [0, 0.1) is 0 Å². The van der Waals surface area contributed by atoms with Crippen LogP contribution >= 0.6 is 48.0 Å². The Morgan fingerprint density at radius 1 is 0.456 bits per heavy atom. The number of aldehydes is 2. The fraction of sp³-hybridized carbons (Fsp3) is 0.130. The van der Waals surface area contributed by atoms with Crippen molar-refractivity contribution in [3.8, 4) is 0 Å². The van der Waals surface area contributed by atoms with E-state index < -0.39 is 0 Å². The summed E-state index contributed by atoms with van der Waals surface area (Å²) in [6, 6.07) is 51.8. The molecule has 8 nitrogen and oxygen atoms in total. The third-order valence-electron chi connectivity index (χ3n) is 8.59. The number of anilines is 6. The fourth-order valence-electron chi connectivity index (χ4n) is 5.69. The molecule has 2 fully saturated rings. The van der Waals surface area contributed by atoms with Crippen molar-refractivity contribution in [2.45, 2.75) is 25.7 Å². The number of carbonyl (C=O) groups excluding carboxylic acids is 4. The van der Waals surface area contributed by atoms with Gasteiger partial charge >= 0.3 is 0 Å². The molecule has 2 aliphatic rings. The minimum Gasteiger partial charge on any atom is -0.381 e. The summed E-state index contributed by atoms with van der Waals surface area (Å²) in [4.78, 5) is 46.9. The number of benzene rings is 6. The van der Waals surface area contributed by atoms with E-state index in [-0.39, 0.29) is 11.8 Å². The van der Waals surface area contributed by atoms with Crippen molar-refractivity contribution in [1.29, 1.82) is 0 Å². The first kappa shape index (κ1) is 42.9. The van der Waals surface area contributed by atoms with Gasteiger partial charge in [0.05, 0.1) is 16.1 Å². The lowest BCUT2D eigenvalue weighted by Gasteiger charge is -2.25.